The van der Waals surface area contributed by atoms with E-state index in [9.17, 15) is 0 Å². The summed E-state index contributed by atoms with van der Waals surface area (Å²) in [6.07, 6.45) is 1.99. The van der Waals surface area contributed by atoms with Gasteiger partial charge in [0.1, 0.15) is 11.6 Å². The third-order valence-corrected chi connectivity index (χ3v) is 2.00. The number of aromatic nitrogens is 2. The molecule has 0 unspecified atom stereocenters. The molecule has 2 rings (SSSR count). The summed E-state index contributed by atoms with van der Waals surface area (Å²) in [5.74, 6) is 1.54. The SMILES string of the molecule is Cc1ccn2c(C)nc(N)c2c1. The van der Waals surface area contributed by atoms with Gasteiger partial charge in [-0.2, -0.15) is 0 Å². The largest absolute Gasteiger partial charge is 0.382 e. The van der Waals surface area contributed by atoms with Crippen LogP contribution >= 0.6 is 0 Å². The van der Waals surface area contributed by atoms with Crippen molar-refractivity contribution in [3.63, 3.8) is 0 Å². The third-order valence-electron chi connectivity index (χ3n) is 2.00. The highest BCUT2D eigenvalue weighted by Gasteiger charge is 2.03. The van der Waals surface area contributed by atoms with Crippen LogP contribution in [0.15, 0.2) is 18.3 Å². The number of nitrogens with two attached hydrogens (primary N) is 1. The molecule has 0 atom stereocenters. The van der Waals surface area contributed by atoms with Gasteiger partial charge in [-0.05, 0) is 31.5 Å². The zero-order valence-electron chi connectivity index (χ0n) is 7.20. The lowest BCUT2D eigenvalue weighted by Gasteiger charge is -1.96. The van der Waals surface area contributed by atoms with Crippen LogP contribution in [0.2, 0.25) is 0 Å². The van der Waals surface area contributed by atoms with Crippen molar-refractivity contribution in [1.29, 1.82) is 0 Å². The average molecular weight is 161 g/mol. The van der Waals surface area contributed by atoms with Crippen molar-refractivity contribution in [3.8, 4) is 0 Å². The van der Waals surface area contributed by atoms with E-state index in [1.807, 2.05) is 36.6 Å². The first-order chi connectivity index (χ1) is 5.68. The van der Waals surface area contributed by atoms with Crippen LogP contribution in [0.1, 0.15) is 11.4 Å². The van der Waals surface area contributed by atoms with Gasteiger partial charge in [0.05, 0.1) is 5.52 Å². The van der Waals surface area contributed by atoms with E-state index < -0.39 is 0 Å². The molecule has 0 spiro atoms. The second-order valence-corrected chi connectivity index (χ2v) is 3.00. The minimum atomic E-state index is 0.608. The Morgan fingerprint density at radius 1 is 1.42 bits per heavy atom. The van der Waals surface area contributed by atoms with Crippen LogP contribution in [0.25, 0.3) is 5.52 Å². The van der Waals surface area contributed by atoms with E-state index in [2.05, 4.69) is 4.98 Å². The standard InChI is InChI=1S/C9H11N3/c1-6-3-4-12-7(2)11-9(10)8(12)5-6/h3-5H,10H2,1-2H3. The molecule has 0 saturated carbocycles. The van der Waals surface area contributed by atoms with Gasteiger partial charge in [-0.3, -0.25) is 0 Å². The van der Waals surface area contributed by atoms with Crippen LogP contribution in [0, 0.1) is 13.8 Å². The lowest BCUT2D eigenvalue weighted by atomic mass is 10.3. The molecule has 0 aliphatic carbocycles. The summed E-state index contributed by atoms with van der Waals surface area (Å²) in [6, 6.07) is 4.08. The predicted octanol–water partition coefficient (Wildman–Crippen LogP) is 1.53. The van der Waals surface area contributed by atoms with Gasteiger partial charge in [-0.25, -0.2) is 4.98 Å². The summed E-state index contributed by atoms with van der Waals surface area (Å²) < 4.78 is 1.99. The molecule has 0 amide bonds. The number of hydrogen-bond acceptors (Lipinski definition) is 2. The summed E-state index contributed by atoms with van der Waals surface area (Å²) in [5.41, 5.74) is 7.91. The van der Waals surface area contributed by atoms with Crippen LogP contribution in [0.4, 0.5) is 5.82 Å². The Balaban J connectivity index is 2.90. The zero-order valence-corrected chi connectivity index (χ0v) is 7.20. The van der Waals surface area contributed by atoms with E-state index in [1.54, 1.807) is 0 Å². The second-order valence-electron chi connectivity index (χ2n) is 3.00. The van der Waals surface area contributed by atoms with E-state index in [-0.39, 0.29) is 0 Å². The van der Waals surface area contributed by atoms with E-state index in [4.69, 9.17) is 5.73 Å². The van der Waals surface area contributed by atoms with Gasteiger partial charge in [-0.15, -0.1) is 0 Å². The molecule has 0 bridgehead atoms. The van der Waals surface area contributed by atoms with Crippen molar-refractivity contribution in [2.75, 3.05) is 5.73 Å². The van der Waals surface area contributed by atoms with Crippen LogP contribution in [-0.2, 0) is 0 Å². The van der Waals surface area contributed by atoms with Gasteiger partial charge < -0.3 is 10.1 Å². The number of imidazole rings is 1. The highest BCUT2D eigenvalue weighted by molar-refractivity contribution is 5.67. The number of anilines is 1. The fourth-order valence-corrected chi connectivity index (χ4v) is 1.37. The normalized spacial score (nSPS) is 10.8. The van der Waals surface area contributed by atoms with Gasteiger partial charge in [0.2, 0.25) is 0 Å². The molecule has 2 aromatic rings. The van der Waals surface area contributed by atoms with Crippen molar-refractivity contribution >= 4 is 11.3 Å². The molecule has 0 aliphatic rings. The summed E-state index contributed by atoms with van der Waals surface area (Å²) in [6.45, 7) is 3.99. The highest BCUT2D eigenvalue weighted by Crippen LogP contribution is 2.15. The summed E-state index contributed by atoms with van der Waals surface area (Å²) >= 11 is 0. The summed E-state index contributed by atoms with van der Waals surface area (Å²) in [7, 11) is 0. The lowest BCUT2D eigenvalue weighted by Crippen LogP contribution is -1.88. The molecule has 2 aromatic heterocycles. The molecule has 12 heavy (non-hydrogen) atoms. The van der Waals surface area contributed by atoms with Crippen molar-refractivity contribution < 1.29 is 0 Å². The fraction of sp³-hybridized carbons (Fsp3) is 0.222. The Hall–Kier alpha value is -1.51. The maximum Gasteiger partial charge on any atom is 0.149 e. The van der Waals surface area contributed by atoms with Crippen molar-refractivity contribution in [3.05, 3.63) is 29.7 Å². The number of aryl methyl sites for hydroxylation is 2. The van der Waals surface area contributed by atoms with E-state index in [0.717, 1.165) is 11.3 Å². The quantitative estimate of drug-likeness (QED) is 0.636. The first-order valence-electron chi connectivity index (χ1n) is 3.89. The van der Waals surface area contributed by atoms with Crippen LogP contribution < -0.4 is 5.73 Å². The van der Waals surface area contributed by atoms with Crippen LogP contribution in [0.5, 0.6) is 0 Å². The molecule has 2 N–H and O–H groups in total. The first-order valence-corrected chi connectivity index (χ1v) is 3.89. The predicted molar refractivity (Wildman–Crippen MR) is 49.1 cm³/mol. The number of nitrogen functional groups attached to an aromatic ring is 1. The topological polar surface area (TPSA) is 43.3 Å². The Labute approximate surface area is 70.8 Å². The van der Waals surface area contributed by atoms with Crippen molar-refractivity contribution in [2.24, 2.45) is 0 Å². The molecule has 0 radical (unpaired) electrons. The number of nitrogens with zero attached hydrogens (tertiary/aromatic N) is 2. The molecule has 0 aromatic carbocycles. The molecule has 0 saturated heterocycles. The molecule has 0 fully saturated rings. The van der Waals surface area contributed by atoms with E-state index >= 15 is 0 Å². The highest BCUT2D eigenvalue weighted by atomic mass is 15.1. The molecular formula is C9H11N3. The van der Waals surface area contributed by atoms with Crippen molar-refractivity contribution in [1.82, 2.24) is 9.38 Å². The molecule has 62 valence electrons. The first kappa shape index (κ1) is 7.16. The smallest absolute Gasteiger partial charge is 0.149 e. The molecule has 0 aliphatic heterocycles. The van der Waals surface area contributed by atoms with Gasteiger partial charge in [0.25, 0.3) is 0 Å². The lowest BCUT2D eigenvalue weighted by molar-refractivity contribution is 1.04. The Kier molecular flexibility index (Phi) is 1.33. The number of pyridine rings is 1. The number of hydrogen-bond donors (Lipinski definition) is 1. The summed E-state index contributed by atoms with van der Waals surface area (Å²) in [5, 5.41) is 0. The van der Waals surface area contributed by atoms with Gasteiger partial charge in [0.15, 0.2) is 0 Å². The van der Waals surface area contributed by atoms with Gasteiger partial charge in [-0.1, -0.05) is 0 Å². The van der Waals surface area contributed by atoms with E-state index in [1.165, 1.54) is 5.56 Å². The zero-order chi connectivity index (χ0) is 8.72. The van der Waals surface area contributed by atoms with Crippen LogP contribution in [0.3, 0.4) is 0 Å². The third kappa shape index (κ3) is 0.863. The molecule has 3 heteroatoms. The minimum absolute atomic E-state index is 0.608. The minimum Gasteiger partial charge on any atom is -0.382 e. The van der Waals surface area contributed by atoms with Gasteiger partial charge in [0, 0.05) is 6.20 Å². The Morgan fingerprint density at radius 3 is 2.92 bits per heavy atom. The fourth-order valence-electron chi connectivity index (χ4n) is 1.37. The molecular weight excluding hydrogens is 150 g/mol. The Bertz CT molecular complexity index is 429. The van der Waals surface area contributed by atoms with Gasteiger partial charge >= 0.3 is 0 Å². The monoisotopic (exact) mass is 161 g/mol. The Morgan fingerprint density at radius 2 is 2.17 bits per heavy atom. The average Bonchev–Trinajstić information content (AvgIpc) is 2.28. The number of fused-ring (bicyclic) bond motifs is 1. The second kappa shape index (κ2) is 2.24. The maximum atomic E-state index is 5.71. The maximum absolute atomic E-state index is 5.71. The summed E-state index contributed by atoms with van der Waals surface area (Å²) in [4.78, 5) is 4.17. The van der Waals surface area contributed by atoms with Crippen LogP contribution in [-0.4, -0.2) is 9.38 Å². The van der Waals surface area contributed by atoms with Crippen molar-refractivity contribution in [2.45, 2.75) is 13.8 Å². The number of rotatable bonds is 0. The molecule has 3 nitrogen and oxygen atoms in total. The van der Waals surface area contributed by atoms with E-state index in [0.29, 0.717) is 5.82 Å². The molecule has 2 heterocycles.